The fourth-order valence-corrected chi connectivity index (χ4v) is 2.53. The number of ether oxygens (including phenoxy) is 1. The summed E-state index contributed by atoms with van der Waals surface area (Å²) in [6.07, 6.45) is 1.29. The molecule has 0 unspecified atom stereocenters. The smallest absolute Gasteiger partial charge is 0.163 e. The second-order valence-electron chi connectivity index (χ2n) is 3.18. The maximum atomic E-state index is 11.7. The van der Waals surface area contributed by atoms with Crippen LogP contribution in [0.3, 0.4) is 0 Å². The molecule has 4 heteroatoms. The first-order chi connectivity index (χ1) is 7.13. The summed E-state index contributed by atoms with van der Waals surface area (Å²) in [7, 11) is 1.64. The Kier molecular flexibility index (Phi) is 5.50. The van der Waals surface area contributed by atoms with Gasteiger partial charge in [-0.3, -0.25) is 4.79 Å². The lowest BCUT2D eigenvalue weighted by atomic mass is 10.1. The van der Waals surface area contributed by atoms with Gasteiger partial charge in [-0.1, -0.05) is 31.9 Å². The van der Waals surface area contributed by atoms with Crippen molar-refractivity contribution in [2.24, 2.45) is 0 Å². The predicted octanol–water partition coefficient (Wildman–Crippen LogP) is 3.82. The fourth-order valence-electron chi connectivity index (χ4n) is 1.24. The second-order valence-corrected chi connectivity index (χ2v) is 5.01. The Morgan fingerprint density at radius 3 is 2.40 bits per heavy atom. The van der Waals surface area contributed by atoms with E-state index in [9.17, 15) is 4.79 Å². The molecule has 1 aromatic rings. The van der Waals surface area contributed by atoms with Gasteiger partial charge in [0.15, 0.2) is 5.78 Å². The van der Waals surface area contributed by atoms with Gasteiger partial charge in [0.05, 0.1) is 0 Å². The number of carbonyl (C=O) groups is 1. The number of Topliss-reactive ketones (excluding diaryl/α,β-unsaturated/α-hetero) is 1. The van der Waals surface area contributed by atoms with Crippen molar-refractivity contribution in [1.82, 2.24) is 0 Å². The standard InChI is InChI=1S/C11H12Br2O2/c1-15-4-2-3-11(14)8-5-9(12)7-10(13)6-8/h5-7H,2-4H2,1H3. The Morgan fingerprint density at radius 1 is 1.27 bits per heavy atom. The van der Waals surface area contributed by atoms with Gasteiger partial charge < -0.3 is 4.74 Å². The summed E-state index contributed by atoms with van der Waals surface area (Å²) in [6.45, 7) is 0.626. The fraction of sp³-hybridized carbons (Fsp3) is 0.364. The van der Waals surface area contributed by atoms with Gasteiger partial charge >= 0.3 is 0 Å². The molecule has 0 spiro atoms. The van der Waals surface area contributed by atoms with Crippen molar-refractivity contribution in [2.45, 2.75) is 12.8 Å². The van der Waals surface area contributed by atoms with Gasteiger partial charge in [-0.05, 0) is 24.6 Å². The van der Waals surface area contributed by atoms with Gasteiger partial charge in [0, 0.05) is 34.6 Å². The molecule has 0 amide bonds. The van der Waals surface area contributed by atoms with Gasteiger partial charge in [-0.25, -0.2) is 0 Å². The van der Waals surface area contributed by atoms with Gasteiger partial charge in [0.1, 0.15) is 0 Å². The molecule has 0 aliphatic carbocycles. The number of benzene rings is 1. The van der Waals surface area contributed by atoms with Crippen LogP contribution in [0.1, 0.15) is 23.2 Å². The molecule has 82 valence electrons. The van der Waals surface area contributed by atoms with E-state index in [4.69, 9.17) is 4.74 Å². The highest BCUT2D eigenvalue weighted by atomic mass is 79.9. The van der Waals surface area contributed by atoms with Gasteiger partial charge in [-0.15, -0.1) is 0 Å². The lowest BCUT2D eigenvalue weighted by Crippen LogP contribution is -2.01. The zero-order valence-corrected chi connectivity index (χ0v) is 11.6. The van der Waals surface area contributed by atoms with E-state index in [-0.39, 0.29) is 5.78 Å². The normalized spacial score (nSPS) is 10.3. The molecule has 0 aliphatic heterocycles. The molecule has 0 atom stereocenters. The Hall–Kier alpha value is -0.190. The molecule has 0 radical (unpaired) electrons. The van der Waals surface area contributed by atoms with Crippen molar-refractivity contribution in [2.75, 3.05) is 13.7 Å². The average Bonchev–Trinajstić information content (AvgIpc) is 2.16. The highest BCUT2D eigenvalue weighted by Gasteiger charge is 2.07. The first kappa shape index (κ1) is 12.9. The zero-order valence-electron chi connectivity index (χ0n) is 8.43. The topological polar surface area (TPSA) is 26.3 Å². The van der Waals surface area contributed by atoms with E-state index in [0.29, 0.717) is 13.0 Å². The molecule has 1 aromatic carbocycles. The minimum atomic E-state index is 0.147. The number of hydrogen-bond acceptors (Lipinski definition) is 2. The van der Waals surface area contributed by atoms with E-state index in [1.54, 1.807) is 7.11 Å². The van der Waals surface area contributed by atoms with Crippen molar-refractivity contribution in [3.05, 3.63) is 32.7 Å². The molecule has 2 nitrogen and oxygen atoms in total. The van der Waals surface area contributed by atoms with Crippen LogP contribution in [0.25, 0.3) is 0 Å². The van der Waals surface area contributed by atoms with Crippen molar-refractivity contribution in [1.29, 1.82) is 0 Å². The minimum absolute atomic E-state index is 0.147. The van der Waals surface area contributed by atoms with Crippen LogP contribution in [0.4, 0.5) is 0 Å². The van der Waals surface area contributed by atoms with Crippen LogP contribution in [0, 0.1) is 0 Å². The van der Waals surface area contributed by atoms with Crippen molar-refractivity contribution in [3.8, 4) is 0 Å². The van der Waals surface area contributed by atoms with Crippen molar-refractivity contribution >= 4 is 37.6 Å². The van der Waals surface area contributed by atoms with Crippen LogP contribution in [0.15, 0.2) is 27.1 Å². The van der Waals surface area contributed by atoms with Gasteiger partial charge in [-0.2, -0.15) is 0 Å². The SMILES string of the molecule is COCCCC(=O)c1cc(Br)cc(Br)c1. The monoisotopic (exact) mass is 334 g/mol. The van der Waals surface area contributed by atoms with Crippen LogP contribution in [-0.4, -0.2) is 19.5 Å². The molecule has 0 saturated heterocycles. The summed E-state index contributed by atoms with van der Waals surface area (Å²) in [5.41, 5.74) is 0.729. The highest BCUT2D eigenvalue weighted by Crippen LogP contribution is 2.21. The van der Waals surface area contributed by atoms with E-state index in [2.05, 4.69) is 31.9 Å². The van der Waals surface area contributed by atoms with Gasteiger partial charge in [0.25, 0.3) is 0 Å². The third-order valence-electron chi connectivity index (χ3n) is 1.94. The van der Waals surface area contributed by atoms with Crippen LogP contribution >= 0.6 is 31.9 Å². The Labute approximate surface area is 106 Å². The largest absolute Gasteiger partial charge is 0.385 e. The first-order valence-electron chi connectivity index (χ1n) is 4.61. The Morgan fingerprint density at radius 2 is 1.87 bits per heavy atom. The summed E-state index contributed by atoms with van der Waals surface area (Å²) in [4.78, 5) is 11.7. The number of hydrogen-bond donors (Lipinski definition) is 0. The van der Waals surface area contributed by atoms with Crippen LogP contribution in [0.5, 0.6) is 0 Å². The van der Waals surface area contributed by atoms with E-state index in [1.165, 1.54) is 0 Å². The molecule has 0 N–H and O–H groups in total. The molecule has 15 heavy (non-hydrogen) atoms. The minimum Gasteiger partial charge on any atom is -0.385 e. The molecule has 0 aliphatic rings. The molecular weight excluding hydrogens is 324 g/mol. The summed E-state index contributed by atoms with van der Waals surface area (Å²) < 4.78 is 6.72. The number of rotatable bonds is 5. The highest BCUT2D eigenvalue weighted by molar-refractivity contribution is 9.11. The molecule has 0 saturated carbocycles. The summed E-state index contributed by atoms with van der Waals surface area (Å²) in [5, 5.41) is 0. The maximum absolute atomic E-state index is 11.7. The number of methoxy groups -OCH3 is 1. The summed E-state index contributed by atoms with van der Waals surface area (Å²) in [6, 6.07) is 5.58. The second kappa shape index (κ2) is 6.40. The molecule has 0 aromatic heterocycles. The summed E-state index contributed by atoms with van der Waals surface area (Å²) >= 11 is 6.71. The maximum Gasteiger partial charge on any atom is 0.163 e. The van der Waals surface area contributed by atoms with Crippen LogP contribution < -0.4 is 0 Å². The summed E-state index contributed by atoms with van der Waals surface area (Å²) in [5.74, 6) is 0.147. The van der Waals surface area contributed by atoms with Crippen LogP contribution in [-0.2, 0) is 4.74 Å². The molecule has 0 bridgehead atoms. The van der Waals surface area contributed by atoms with Crippen molar-refractivity contribution in [3.63, 3.8) is 0 Å². The number of carbonyl (C=O) groups excluding carboxylic acids is 1. The number of halogens is 2. The predicted molar refractivity (Wildman–Crippen MR) is 67.3 cm³/mol. The third-order valence-corrected chi connectivity index (χ3v) is 2.85. The zero-order chi connectivity index (χ0) is 11.3. The molecule has 0 heterocycles. The number of ketones is 1. The van der Waals surface area contributed by atoms with E-state index in [1.807, 2.05) is 18.2 Å². The lowest BCUT2D eigenvalue weighted by Gasteiger charge is -2.02. The first-order valence-corrected chi connectivity index (χ1v) is 6.20. The van der Waals surface area contributed by atoms with E-state index < -0.39 is 0 Å². The molecule has 1 rings (SSSR count). The van der Waals surface area contributed by atoms with E-state index >= 15 is 0 Å². The lowest BCUT2D eigenvalue weighted by molar-refractivity contribution is 0.0963. The average molecular weight is 336 g/mol. The van der Waals surface area contributed by atoms with E-state index in [0.717, 1.165) is 20.9 Å². The Bertz CT molecular complexity index is 330. The quantitative estimate of drug-likeness (QED) is 0.604. The molecular formula is C11H12Br2O2. The van der Waals surface area contributed by atoms with Crippen LogP contribution in [0.2, 0.25) is 0 Å². The molecule has 0 fully saturated rings. The third kappa shape index (κ3) is 4.45. The Balaban J connectivity index is 2.65. The van der Waals surface area contributed by atoms with Gasteiger partial charge in [0.2, 0.25) is 0 Å². The van der Waals surface area contributed by atoms with Crippen molar-refractivity contribution < 1.29 is 9.53 Å².